The Morgan fingerprint density at radius 2 is 2.21 bits per heavy atom. The number of hydrogen-bond acceptors (Lipinski definition) is 5. The molecule has 0 aliphatic carbocycles. The molecule has 0 radical (unpaired) electrons. The van der Waals surface area contributed by atoms with Crippen LogP contribution in [0.3, 0.4) is 0 Å². The van der Waals surface area contributed by atoms with Gasteiger partial charge in [0, 0.05) is 19.0 Å². The molecule has 2 aromatic heterocycles. The molecule has 0 saturated carbocycles. The zero-order chi connectivity index (χ0) is 14.2. The van der Waals surface area contributed by atoms with Crippen LogP contribution in [0.15, 0.2) is 11.0 Å². The van der Waals surface area contributed by atoms with Crippen LogP contribution in [0.25, 0.3) is 11.0 Å². The lowest BCUT2D eigenvalue weighted by molar-refractivity contribution is 0.402. The molecule has 0 aliphatic heterocycles. The summed E-state index contributed by atoms with van der Waals surface area (Å²) in [4.78, 5) is 12.6. The number of nitrogens with two attached hydrogens (primary N) is 1. The Morgan fingerprint density at radius 3 is 2.84 bits per heavy atom. The van der Waals surface area contributed by atoms with Gasteiger partial charge < -0.3 is 5.73 Å². The number of fused-ring (bicyclic) bond motifs is 1. The van der Waals surface area contributed by atoms with Crippen molar-refractivity contribution in [1.82, 2.24) is 24.8 Å². The number of hydrogen-bond donors (Lipinski definition) is 1. The predicted molar refractivity (Wildman–Crippen MR) is 75.7 cm³/mol. The average Bonchev–Trinajstić information content (AvgIpc) is 2.71. The Balaban J connectivity index is 2.30. The van der Waals surface area contributed by atoms with Crippen molar-refractivity contribution in [3.05, 3.63) is 16.6 Å². The highest BCUT2D eigenvalue weighted by Gasteiger charge is 2.22. The highest BCUT2D eigenvalue weighted by atomic mass is 32.1. The van der Waals surface area contributed by atoms with Crippen molar-refractivity contribution in [2.75, 3.05) is 0 Å². The van der Waals surface area contributed by atoms with Gasteiger partial charge in [-0.05, 0) is 6.42 Å². The van der Waals surface area contributed by atoms with Crippen molar-refractivity contribution >= 4 is 28.2 Å². The molecule has 0 spiro atoms. The third-order valence-corrected chi connectivity index (χ3v) is 3.79. The number of aryl methyl sites for hydroxylation is 2. The van der Waals surface area contributed by atoms with Crippen LogP contribution in [0.1, 0.15) is 20.3 Å². The fourth-order valence-electron chi connectivity index (χ4n) is 1.63. The van der Waals surface area contributed by atoms with Crippen molar-refractivity contribution in [3.63, 3.8) is 0 Å². The maximum absolute atomic E-state index is 12.2. The van der Waals surface area contributed by atoms with Gasteiger partial charge in [-0.3, -0.25) is 4.79 Å². The minimum atomic E-state index is -0.319. The Labute approximate surface area is 115 Å². The molecule has 0 fully saturated rings. The van der Waals surface area contributed by atoms with Gasteiger partial charge in [0.05, 0.1) is 11.2 Å². The lowest BCUT2D eigenvalue weighted by Crippen LogP contribution is -2.33. The van der Waals surface area contributed by atoms with Crippen LogP contribution < -0.4 is 11.3 Å². The number of thiocarbonyl (C=S) groups is 1. The fraction of sp³-hybridized carbons (Fsp3) is 0.545. The molecule has 0 saturated heterocycles. The first-order valence-electron chi connectivity index (χ1n) is 5.88. The summed E-state index contributed by atoms with van der Waals surface area (Å²) in [5, 5.41) is 12.4. The molecule has 19 heavy (non-hydrogen) atoms. The summed E-state index contributed by atoms with van der Waals surface area (Å²) in [6.07, 6.45) is 2.13. The SMILES string of the molecule is Cn1ncc2c(=O)n(CCC(C)(C)C(N)=S)nnc21. The first kappa shape index (κ1) is 13.6. The summed E-state index contributed by atoms with van der Waals surface area (Å²) in [5.41, 5.74) is 5.63. The molecule has 0 atom stereocenters. The second-order valence-electron chi connectivity index (χ2n) is 5.12. The number of rotatable bonds is 4. The Bertz CT molecular complexity index is 686. The second kappa shape index (κ2) is 4.69. The van der Waals surface area contributed by atoms with E-state index in [1.54, 1.807) is 7.05 Å². The van der Waals surface area contributed by atoms with Gasteiger partial charge in [-0.1, -0.05) is 31.3 Å². The van der Waals surface area contributed by atoms with E-state index in [-0.39, 0.29) is 11.0 Å². The summed E-state index contributed by atoms with van der Waals surface area (Å²) in [6.45, 7) is 4.30. The molecule has 2 rings (SSSR count). The van der Waals surface area contributed by atoms with E-state index in [4.69, 9.17) is 18.0 Å². The molecule has 2 aromatic rings. The first-order chi connectivity index (χ1) is 8.83. The van der Waals surface area contributed by atoms with Gasteiger partial charge in [0.15, 0.2) is 5.65 Å². The second-order valence-corrected chi connectivity index (χ2v) is 5.56. The van der Waals surface area contributed by atoms with E-state index in [0.717, 1.165) is 0 Å². The van der Waals surface area contributed by atoms with Gasteiger partial charge in [-0.25, -0.2) is 9.36 Å². The maximum atomic E-state index is 12.2. The third kappa shape index (κ3) is 2.48. The molecule has 7 nitrogen and oxygen atoms in total. The van der Waals surface area contributed by atoms with Crippen molar-refractivity contribution in [2.24, 2.45) is 18.2 Å². The predicted octanol–water partition coefficient (Wildman–Crippen LogP) is 0.227. The van der Waals surface area contributed by atoms with Crippen LogP contribution in [-0.2, 0) is 13.6 Å². The molecule has 8 heteroatoms. The molecule has 0 unspecified atom stereocenters. The molecule has 2 N–H and O–H groups in total. The average molecular weight is 280 g/mol. The molecule has 0 aliphatic rings. The highest BCUT2D eigenvalue weighted by molar-refractivity contribution is 7.80. The van der Waals surface area contributed by atoms with Crippen molar-refractivity contribution < 1.29 is 0 Å². The summed E-state index contributed by atoms with van der Waals surface area (Å²) >= 11 is 5.00. The lowest BCUT2D eigenvalue weighted by atomic mass is 9.89. The first-order valence-corrected chi connectivity index (χ1v) is 6.29. The topological polar surface area (TPSA) is 91.6 Å². The summed E-state index contributed by atoms with van der Waals surface area (Å²) < 4.78 is 2.84. The summed E-state index contributed by atoms with van der Waals surface area (Å²) in [7, 11) is 1.72. The van der Waals surface area contributed by atoms with Crippen LogP contribution in [0.4, 0.5) is 0 Å². The third-order valence-electron chi connectivity index (χ3n) is 3.24. The van der Waals surface area contributed by atoms with Gasteiger partial charge in [0.2, 0.25) is 0 Å². The van der Waals surface area contributed by atoms with Crippen molar-refractivity contribution in [2.45, 2.75) is 26.8 Å². The monoisotopic (exact) mass is 280 g/mol. The Kier molecular flexibility index (Phi) is 3.36. The molecule has 102 valence electrons. The van der Waals surface area contributed by atoms with E-state index in [1.165, 1.54) is 15.6 Å². The molecule has 0 amide bonds. The zero-order valence-electron chi connectivity index (χ0n) is 11.1. The Hall–Kier alpha value is -1.83. The van der Waals surface area contributed by atoms with Crippen LogP contribution in [0, 0.1) is 5.41 Å². The lowest BCUT2D eigenvalue weighted by Gasteiger charge is -2.22. The summed E-state index contributed by atoms with van der Waals surface area (Å²) in [5.74, 6) is 0. The van der Waals surface area contributed by atoms with Crippen LogP contribution in [-0.4, -0.2) is 29.8 Å². The highest BCUT2D eigenvalue weighted by Crippen LogP contribution is 2.20. The molecular weight excluding hydrogens is 264 g/mol. The molecule has 2 heterocycles. The smallest absolute Gasteiger partial charge is 0.280 e. The minimum absolute atomic E-state index is 0.197. The van der Waals surface area contributed by atoms with Gasteiger partial charge in [-0.15, -0.1) is 5.10 Å². The van der Waals surface area contributed by atoms with Crippen LogP contribution >= 0.6 is 12.2 Å². The van der Waals surface area contributed by atoms with Crippen LogP contribution in [0.2, 0.25) is 0 Å². The molecule has 0 bridgehead atoms. The maximum Gasteiger partial charge on any atom is 0.280 e. The number of nitrogens with zero attached hydrogens (tertiary/aromatic N) is 5. The van der Waals surface area contributed by atoms with E-state index in [2.05, 4.69) is 15.4 Å². The normalized spacial score (nSPS) is 11.9. The van der Waals surface area contributed by atoms with Gasteiger partial charge in [0.25, 0.3) is 5.56 Å². The van der Waals surface area contributed by atoms with Crippen LogP contribution in [0.5, 0.6) is 0 Å². The zero-order valence-corrected chi connectivity index (χ0v) is 11.9. The van der Waals surface area contributed by atoms with E-state index < -0.39 is 0 Å². The quantitative estimate of drug-likeness (QED) is 0.806. The van der Waals surface area contributed by atoms with Gasteiger partial charge >= 0.3 is 0 Å². The minimum Gasteiger partial charge on any atom is -0.393 e. The van der Waals surface area contributed by atoms with E-state index in [1.807, 2.05) is 13.8 Å². The van der Waals surface area contributed by atoms with E-state index in [0.29, 0.717) is 29.0 Å². The standard InChI is InChI=1S/C11H16N6OS/c1-11(2,10(12)19)4-5-17-9(18)7-6-13-16(3)8(7)14-15-17/h6H,4-5H2,1-3H3,(H2,12,19). The van der Waals surface area contributed by atoms with E-state index >= 15 is 0 Å². The molecular formula is C11H16N6OS. The Morgan fingerprint density at radius 1 is 1.53 bits per heavy atom. The van der Waals surface area contributed by atoms with E-state index in [9.17, 15) is 4.79 Å². The van der Waals surface area contributed by atoms with Crippen molar-refractivity contribution in [1.29, 1.82) is 0 Å². The van der Waals surface area contributed by atoms with Crippen molar-refractivity contribution in [3.8, 4) is 0 Å². The number of aromatic nitrogens is 5. The summed E-state index contributed by atoms with van der Waals surface area (Å²) in [6, 6.07) is 0. The molecule has 0 aromatic carbocycles. The fourth-order valence-corrected chi connectivity index (χ4v) is 1.73. The largest absolute Gasteiger partial charge is 0.393 e. The van der Waals surface area contributed by atoms with Gasteiger partial charge in [0.1, 0.15) is 5.39 Å². The van der Waals surface area contributed by atoms with Gasteiger partial charge in [-0.2, -0.15) is 5.10 Å².